The number of nitrogens with zero attached hydrogens (tertiary/aromatic N) is 1. The van der Waals surface area contributed by atoms with Gasteiger partial charge in [0.1, 0.15) is 5.82 Å². The Labute approximate surface area is 142 Å². The number of amides is 1. The Morgan fingerprint density at radius 1 is 1.52 bits per heavy atom. The van der Waals surface area contributed by atoms with Crippen molar-refractivity contribution in [2.75, 3.05) is 12.3 Å². The monoisotopic (exact) mass is 408 g/mol. The first kappa shape index (κ1) is 18.2. The molecule has 1 amide bonds. The molecular weight excluding hydrogens is 391 g/mol. The summed E-state index contributed by atoms with van der Waals surface area (Å²) in [6, 6.07) is 3.59. The van der Waals surface area contributed by atoms with Crippen LogP contribution in [0.4, 0.5) is 9.18 Å². The normalized spacial score (nSPS) is 21.6. The summed E-state index contributed by atoms with van der Waals surface area (Å²) >= 11 is 3.10. The van der Waals surface area contributed by atoms with Crippen LogP contribution in [0, 0.1) is 5.82 Å². The van der Waals surface area contributed by atoms with Gasteiger partial charge < -0.3 is 10.0 Å². The van der Waals surface area contributed by atoms with Crippen molar-refractivity contribution in [3.05, 3.63) is 34.1 Å². The van der Waals surface area contributed by atoms with E-state index in [0.29, 0.717) is 16.5 Å². The summed E-state index contributed by atoms with van der Waals surface area (Å²) in [6.45, 7) is 1.72. The molecule has 2 atom stereocenters. The highest BCUT2D eigenvalue weighted by Gasteiger charge is 2.39. The molecule has 1 aromatic carbocycles. The van der Waals surface area contributed by atoms with Gasteiger partial charge in [0, 0.05) is 12.6 Å². The van der Waals surface area contributed by atoms with Crippen LogP contribution in [0.25, 0.3) is 0 Å². The zero-order chi connectivity index (χ0) is 17.2. The number of carboxylic acid groups (broad SMARTS) is 1. The van der Waals surface area contributed by atoms with Crippen molar-refractivity contribution < 1.29 is 22.7 Å². The fourth-order valence-corrected chi connectivity index (χ4v) is 4.04. The van der Waals surface area contributed by atoms with Crippen LogP contribution in [-0.4, -0.2) is 48.9 Å². The minimum atomic E-state index is -3.47. The molecule has 1 saturated heterocycles. The molecule has 0 saturated carbocycles. The van der Waals surface area contributed by atoms with Crippen LogP contribution in [0.15, 0.2) is 22.7 Å². The smallest absolute Gasteiger partial charge is 0.407 e. The Morgan fingerprint density at radius 3 is 2.83 bits per heavy atom. The minimum Gasteiger partial charge on any atom is -0.465 e. The van der Waals surface area contributed by atoms with Gasteiger partial charge in [-0.15, -0.1) is 0 Å². The van der Waals surface area contributed by atoms with E-state index in [9.17, 15) is 22.7 Å². The predicted octanol–water partition coefficient (Wildman–Crippen LogP) is 2.19. The second kappa shape index (κ2) is 7.14. The summed E-state index contributed by atoms with van der Waals surface area (Å²) < 4.78 is 40.6. The highest BCUT2D eigenvalue weighted by atomic mass is 79.9. The Morgan fingerprint density at radius 2 is 2.22 bits per heavy atom. The topological polar surface area (TPSA) is 86.7 Å². The molecule has 0 bridgehead atoms. The van der Waals surface area contributed by atoms with Gasteiger partial charge in [-0.3, -0.25) is 0 Å². The van der Waals surface area contributed by atoms with Gasteiger partial charge in [-0.25, -0.2) is 22.3 Å². The lowest BCUT2D eigenvalue weighted by Crippen LogP contribution is -2.48. The van der Waals surface area contributed by atoms with Gasteiger partial charge in [0.2, 0.25) is 10.0 Å². The maximum atomic E-state index is 14.2. The largest absolute Gasteiger partial charge is 0.465 e. The van der Waals surface area contributed by atoms with Gasteiger partial charge in [0.05, 0.1) is 16.3 Å². The van der Waals surface area contributed by atoms with Crippen molar-refractivity contribution in [2.45, 2.75) is 31.8 Å². The molecule has 23 heavy (non-hydrogen) atoms. The van der Waals surface area contributed by atoms with Gasteiger partial charge in [-0.1, -0.05) is 12.1 Å². The fourth-order valence-electron chi connectivity index (χ4n) is 2.73. The molecule has 1 aliphatic rings. The van der Waals surface area contributed by atoms with Crippen molar-refractivity contribution in [1.29, 1.82) is 0 Å². The number of hydrogen-bond donors (Lipinski definition) is 2. The third kappa shape index (κ3) is 4.21. The minimum absolute atomic E-state index is 0.0888. The Hall–Kier alpha value is -1.19. The van der Waals surface area contributed by atoms with E-state index < -0.39 is 34.0 Å². The summed E-state index contributed by atoms with van der Waals surface area (Å²) in [5.74, 6) is -0.545. The molecule has 0 aliphatic carbocycles. The summed E-state index contributed by atoms with van der Waals surface area (Å²) in [7, 11) is -3.47. The summed E-state index contributed by atoms with van der Waals surface area (Å²) in [4.78, 5) is 12.6. The SMILES string of the molecule is CCS(=O)(=O)NC1CCN(C(=O)O)C1Cc1cccc(Br)c1F. The molecule has 128 valence electrons. The number of hydrogen-bond acceptors (Lipinski definition) is 3. The lowest BCUT2D eigenvalue weighted by atomic mass is 10.0. The maximum Gasteiger partial charge on any atom is 0.407 e. The van der Waals surface area contributed by atoms with Crippen LogP contribution in [-0.2, 0) is 16.4 Å². The van der Waals surface area contributed by atoms with E-state index in [1.165, 1.54) is 11.8 Å². The lowest BCUT2D eigenvalue weighted by Gasteiger charge is -2.26. The van der Waals surface area contributed by atoms with E-state index in [2.05, 4.69) is 20.7 Å². The van der Waals surface area contributed by atoms with Gasteiger partial charge >= 0.3 is 6.09 Å². The summed E-state index contributed by atoms with van der Waals surface area (Å²) in [5.41, 5.74) is 0.346. The third-order valence-electron chi connectivity index (χ3n) is 3.96. The molecule has 0 radical (unpaired) electrons. The van der Waals surface area contributed by atoms with Crippen LogP contribution in [0.1, 0.15) is 18.9 Å². The highest BCUT2D eigenvalue weighted by Crippen LogP contribution is 2.26. The zero-order valence-electron chi connectivity index (χ0n) is 12.5. The maximum absolute atomic E-state index is 14.2. The number of nitrogens with one attached hydrogen (secondary N) is 1. The van der Waals surface area contributed by atoms with Gasteiger partial charge in [0.15, 0.2) is 0 Å². The summed E-state index contributed by atoms with van der Waals surface area (Å²) in [5, 5.41) is 9.30. The van der Waals surface area contributed by atoms with Crippen LogP contribution < -0.4 is 4.72 Å². The Balaban J connectivity index is 2.28. The highest BCUT2D eigenvalue weighted by molar-refractivity contribution is 9.10. The zero-order valence-corrected chi connectivity index (χ0v) is 14.9. The molecule has 0 spiro atoms. The Kier molecular flexibility index (Phi) is 5.64. The molecule has 9 heteroatoms. The average molecular weight is 409 g/mol. The number of likely N-dealkylation sites (tertiary alicyclic amines) is 1. The van der Waals surface area contributed by atoms with Gasteiger partial charge in [-0.2, -0.15) is 0 Å². The third-order valence-corrected chi connectivity index (χ3v) is 6.00. The first-order chi connectivity index (χ1) is 10.7. The van der Waals surface area contributed by atoms with Crippen molar-refractivity contribution in [2.24, 2.45) is 0 Å². The Bertz CT molecular complexity index is 698. The molecular formula is C14H18BrFN2O4S. The number of rotatable bonds is 5. The fraction of sp³-hybridized carbons (Fsp3) is 0.500. The van der Waals surface area contributed by atoms with Crippen LogP contribution in [0.2, 0.25) is 0 Å². The summed E-state index contributed by atoms with van der Waals surface area (Å²) in [6.07, 6.45) is -0.663. The second-order valence-corrected chi connectivity index (χ2v) is 8.27. The van der Waals surface area contributed by atoms with Crippen LogP contribution in [0.3, 0.4) is 0 Å². The predicted molar refractivity (Wildman–Crippen MR) is 87.3 cm³/mol. The van der Waals surface area contributed by atoms with Crippen molar-refractivity contribution in [3.63, 3.8) is 0 Å². The molecule has 0 aromatic heterocycles. The van der Waals surface area contributed by atoms with Crippen molar-refractivity contribution >= 4 is 32.0 Å². The molecule has 2 rings (SSSR count). The number of carbonyl (C=O) groups is 1. The second-order valence-electron chi connectivity index (χ2n) is 5.38. The van der Waals surface area contributed by atoms with Crippen LogP contribution >= 0.6 is 15.9 Å². The molecule has 1 aliphatic heterocycles. The lowest BCUT2D eigenvalue weighted by molar-refractivity contribution is 0.137. The standard InChI is InChI=1S/C14H18BrFN2O4S/c1-2-23(21,22)17-11-6-7-18(14(19)20)12(11)8-9-4-3-5-10(15)13(9)16/h3-5,11-12,17H,2,6-8H2,1H3,(H,19,20). The number of sulfonamides is 1. The van der Waals surface area contributed by atoms with E-state index in [1.807, 2.05) is 0 Å². The average Bonchev–Trinajstić information content (AvgIpc) is 2.86. The van der Waals surface area contributed by atoms with E-state index in [4.69, 9.17) is 0 Å². The first-order valence-corrected chi connectivity index (χ1v) is 9.62. The van der Waals surface area contributed by atoms with Gasteiger partial charge in [0.25, 0.3) is 0 Å². The van der Waals surface area contributed by atoms with Crippen molar-refractivity contribution in [3.8, 4) is 0 Å². The van der Waals surface area contributed by atoms with E-state index in [-0.39, 0.29) is 18.7 Å². The first-order valence-electron chi connectivity index (χ1n) is 7.17. The van der Waals surface area contributed by atoms with Gasteiger partial charge in [-0.05, 0) is 47.3 Å². The quantitative estimate of drug-likeness (QED) is 0.781. The number of halogens is 2. The van der Waals surface area contributed by atoms with E-state index >= 15 is 0 Å². The molecule has 6 nitrogen and oxygen atoms in total. The van der Waals surface area contributed by atoms with Crippen LogP contribution in [0.5, 0.6) is 0 Å². The molecule has 1 heterocycles. The molecule has 1 fully saturated rings. The number of benzene rings is 1. The van der Waals surface area contributed by atoms with Crippen molar-refractivity contribution in [1.82, 2.24) is 9.62 Å². The van der Waals surface area contributed by atoms with E-state index in [0.717, 1.165) is 0 Å². The van der Waals surface area contributed by atoms with E-state index in [1.54, 1.807) is 18.2 Å². The molecule has 2 N–H and O–H groups in total. The molecule has 1 aromatic rings. The molecule has 2 unspecified atom stereocenters.